The van der Waals surface area contributed by atoms with E-state index in [1.54, 1.807) is 11.3 Å². The number of thiophene rings is 1. The molecule has 2 aromatic heterocycles. The molecule has 0 aliphatic carbocycles. The molecule has 34 heavy (non-hydrogen) atoms. The molecule has 0 amide bonds. The van der Waals surface area contributed by atoms with Crippen LogP contribution in [-0.2, 0) is 13.0 Å². The number of benzene rings is 2. The molecule has 0 saturated carbocycles. The number of thiocarbonyl (C=S) groups is 1. The summed E-state index contributed by atoms with van der Waals surface area (Å²) in [6, 6.07) is 20.8. The highest BCUT2D eigenvalue weighted by molar-refractivity contribution is 7.80. The summed E-state index contributed by atoms with van der Waals surface area (Å²) in [4.78, 5) is 8.17. The highest BCUT2D eigenvalue weighted by Gasteiger charge is 2.34. The van der Waals surface area contributed by atoms with Crippen LogP contribution in [0.4, 0.5) is 0 Å². The summed E-state index contributed by atoms with van der Waals surface area (Å²) in [6.45, 7) is 6.99. The zero-order valence-electron chi connectivity index (χ0n) is 19.4. The summed E-state index contributed by atoms with van der Waals surface area (Å²) >= 11 is 7.54. The lowest BCUT2D eigenvalue weighted by Gasteiger charge is -2.37. The van der Waals surface area contributed by atoms with Gasteiger partial charge in [-0.1, -0.05) is 66.2 Å². The van der Waals surface area contributed by atoms with Crippen LogP contribution in [0.1, 0.15) is 47.3 Å². The van der Waals surface area contributed by atoms with Crippen LogP contribution < -0.4 is 5.32 Å². The molecular formula is C27H26N4OS2. The Bertz CT molecular complexity index is 1340. The minimum absolute atomic E-state index is 0.177. The first kappa shape index (κ1) is 22.5. The lowest BCUT2D eigenvalue weighted by atomic mass is 9.94. The fourth-order valence-electron chi connectivity index (χ4n) is 4.24. The fraction of sp³-hybridized carbons (Fsp3) is 0.222. The van der Waals surface area contributed by atoms with Gasteiger partial charge in [-0.25, -0.2) is 0 Å². The van der Waals surface area contributed by atoms with Gasteiger partial charge in [-0.15, -0.1) is 11.3 Å². The van der Waals surface area contributed by atoms with Gasteiger partial charge >= 0.3 is 0 Å². The van der Waals surface area contributed by atoms with Gasteiger partial charge in [0.2, 0.25) is 5.82 Å². The predicted molar refractivity (Wildman–Crippen MR) is 141 cm³/mol. The van der Waals surface area contributed by atoms with E-state index in [0.717, 1.165) is 34.4 Å². The fourth-order valence-corrected chi connectivity index (χ4v) is 5.25. The van der Waals surface area contributed by atoms with E-state index in [0.29, 0.717) is 23.4 Å². The Morgan fingerprint density at radius 1 is 1.09 bits per heavy atom. The van der Waals surface area contributed by atoms with Gasteiger partial charge < -0.3 is 14.7 Å². The third kappa shape index (κ3) is 4.41. The van der Waals surface area contributed by atoms with Crippen molar-refractivity contribution in [2.24, 2.45) is 0 Å². The molecule has 3 heterocycles. The monoisotopic (exact) mass is 486 g/mol. The molecule has 1 aliphatic heterocycles. The van der Waals surface area contributed by atoms with Crippen LogP contribution in [-0.4, -0.2) is 20.2 Å². The molecule has 5 nitrogen and oxygen atoms in total. The Labute approximate surface area is 209 Å². The van der Waals surface area contributed by atoms with E-state index in [1.165, 1.54) is 10.4 Å². The van der Waals surface area contributed by atoms with Crippen molar-refractivity contribution in [2.45, 2.75) is 39.8 Å². The third-order valence-electron chi connectivity index (χ3n) is 6.14. The topological polar surface area (TPSA) is 54.2 Å². The van der Waals surface area contributed by atoms with E-state index in [4.69, 9.17) is 21.7 Å². The highest BCUT2D eigenvalue weighted by Crippen LogP contribution is 2.38. The second-order valence-electron chi connectivity index (χ2n) is 8.43. The predicted octanol–water partition coefficient (Wildman–Crippen LogP) is 6.53. The van der Waals surface area contributed by atoms with Crippen LogP contribution in [0, 0.1) is 6.92 Å². The Kier molecular flexibility index (Phi) is 6.30. The van der Waals surface area contributed by atoms with E-state index in [-0.39, 0.29) is 6.04 Å². The maximum Gasteiger partial charge on any atom is 0.258 e. The van der Waals surface area contributed by atoms with Crippen LogP contribution in [0.2, 0.25) is 0 Å². The van der Waals surface area contributed by atoms with E-state index < -0.39 is 0 Å². The molecule has 0 saturated heterocycles. The van der Waals surface area contributed by atoms with Gasteiger partial charge in [0.25, 0.3) is 5.89 Å². The van der Waals surface area contributed by atoms with Gasteiger partial charge in [-0.2, -0.15) is 4.98 Å². The first-order chi connectivity index (χ1) is 16.5. The molecule has 172 valence electrons. The normalized spacial score (nSPS) is 16.1. The molecular weight excluding hydrogens is 460 g/mol. The zero-order valence-corrected chi connectivity index (χ0v) is 21.0. The van der Waals surface area contributed by atoms with Crippen molar-refractivity contribution in [3.8, 4) is 11.4 Å². The molecule has 1 aliphatic rings. The smallest absolute Gasteiger partial charge is 0.258 e. The third-order valence-corrected chi connectivity index (χ3v) is 7.34. The summed E-state index contributed by atoms with van der Waals surface area (Å²) in [6.07, 6.45) is 0.997. The lowest BCUT2D eigenvalue weighted by molar-refractivity contribution is 0.396. The summed E-state index contributed by atoms with van der Waals surface area (Å²) in [5.74, 6) is 1.08. The average Bonchev–Trinajstić information content (AvgIpc) is 3.54. The number of hydrogen-bond acceptors (Lipinski definition) is 5. The van der Waals surface area contributed by atoms with Crippen molar-refractivity contribution in [2.75, 3.05) is 0 Å². The van der Waals surface area contributed by atoms with Crippen molar-refractivity contribution < 1.29 is 4.52 Å². The van der Waals surface area contributed by atoms with Crippen LogP contribution >= 0.6 is 23.6 Å². The van der Waals surface area contributed by atoms with Crippen LogP contribution in [0.5, 0.6) is 0 Å². The maximum atomic E-state index is 5.86. The Morgan fingerprint density at radius 3 is 2.62 bits per heavy atom. The number of allylic oxidation sites excluding steroid dienone is 1. The molecule has 0 fully saturated rings. The molecule has 7 heteroatoms. The molecule has 0 radical (unpaired) electrons. The number of hydrogen-bond donors (Lipinski definition) is 1. The van der Waals surface area contributed by atoms with Crippen molar-refractivity contribution in [3.63, 3.8) is 0 Å². The molecule has 1 N–H and O–H groups in total. The van der Waals surface area contributed by atoms with Crippen molar-refractivity contribution in [1.29, 1.82) is 0 Å². The first-order valence-electron chi connectivity index (χ1n) is 11.3. The molecule has 5 rings (SSSR count). The molecule has 1 atom stereocenters. The van der Waals surface area contributed by atoms with Crippen molar-refractivity contribution in [1.82, 2.24) is 20.4 Å². The largest absolute Gasteiger partial charge is 0.351 e. The standard InChI is InChI=1S/C27H26N4OS2/c1-4-19-10-12-20(13-11-19)24-23(18(3)31(27(33)28-24)16-22-9-6-14-34-22)26-29-25(30-32-26)21-8-5-7-17(2)15-21/h5-15,24H,4,16H2,1-3H3,(H,28,33). The van der Waals surface area contributed by atoms with E-state index >= 15 is 0 Å². The first-order valence-corrected chi connectivity index (χ1v) is 12.6. The highest BCUT2D eigenvalue weighted by atomic mass is 32.1. The molecule has 4 aromatic rings. The molecule has 0 spiro atoms. The summed E-state index contributed by atoms with van der Waals surface area (Å²) in [5.41, 5.74) is 6.46. The van der Waals surface area contributed by atoms with E-state index in [2.05, 4.69) is 90.1 Å². The zero-order chi connectivity index (χ0) is 23.7. The quantitative estimate of drug-likeness (QED) is 0.313. The van der Waals surface area contributed by atoms with Gasteiger partial charge in [0.05, 0.1) is 18.2 Å². The van der Waals surface area contributed by atoms with Crippen molar-refractivity contribution >= 4 is 34.2 Å². The SMILES string of the molecule is CCc1ccc(C2NC(=S)N(Cc3cccs3)C(C)=C2c2nc(-c3cccc(C)c3)no2)cc1. The maximum absolute atomic E-state index is 5.86. The summed E-state index contributed by atoms with van der Waals surface area (Å²) < 4.78 is 5.86. The Morgan fingerprint density at radius 2 is 1.91 bits per heavy atom. The van der Waals surface area contributed by atoms with E-state index in [9.17, 15) is 0 Å². The van der Waals surface area contributed by atoms with Gasteiger partial charge in [0, 0.05) is 16.1 Å². The van der Waals surface area contributed by atoms with Gasteiger partial charge in [0.1, 0.15) is 0 Å². The number of nitrogens with one attached hydrogen (secondary N) is 1. The molecule has 1 unspecified atom stereocenters. The van der Waals surface area contributed by atoms with Gasteiger partial charge in [0.15, 0.2) is 5.11 Å². The summed E-state index contributed by atoms with van der Waals surface area (Å²) in [5, 5.41) is 10.6. The van der Waals surface area contributed by atoms with Gasteiger partial charge in [-0.05, 0) is 61.1 Å². The number of aromatic nitrogens is 2. The number of aryl methyl sites for hydroxylation is 2. The van der Waals surface area contributed by atoms with E-state index in [1.807, 2.05) is 12.1 Å². The second kappa shape index (κ2) is 9.52. The summed E-state index contributed by atoms with van der Waals surface area (Å²) in [7, 11) is 0. The Balaban J connectivity index is 1.59. The van der Waals surface area contributed by atoms with Crippen LogP contribution in [0.3, 0.4) is 0 Å². The van der Waals surface area contributed by atoms with Crippen molar-refractivity contribution in [3.05, 3.63) is 99.2 Å². The van der Waals surface area contributed by atoms with Crippen LogP contribution in [0.15, 0.2) is 76.3 Å². The van der Waals surface area contributed by atoms with Gasteiger partial charge in [-0.3, -0.25) is 0 Å². The molecule has 2 aromatic carbocycles. The molecule has 0 bridgehead atoms. The second-order valence-corrected chi connectivity index (χ2v) is 9.85. The average molecular weight is 487 g/mol. The Hall–Kier alpha value is -3.29. The number of rotatable bonds is 6. The minimum atomic E-state index is -0.177. The minimum Gasteiger partial charge on any atom is -0.351 e. The number of nitrogens with zero attached hydrogens (tertiary/aromatic N) is 3. The lowest BCUT2D eigenvalue weighted by Crippen LogP contribution is -2.45. The van der Waals surface area contributed by atoms with Crippen LogP contribution in [0.25, 0.3) is 17.0 Å².